The number of anilines is 1. The van der Waals surface area contributed by atoms with E-state index in [4.69, 9.17) is 9.47 Å². The van der Waals surface area contributed by atoms with Crippen LogP contribution in [0.15, 0.2) is 18.2 Å². The van der Waals surface area contributed by atoms with Gasteiger partial charge >= 0.3 is 0 Å². The van der Waals surface area contributed by atoms with Gasteiger partial charge in [-0.3, -0.25) is 4.79 Å². The van der Waals surface area contributed by atoms with Crippen LogP contribution in [0.3, 0.4) is 0 Å². The van der Waals surface area contributed by atoms with Gasteiger partial charge in [0.05, 0.1) is 12.2 Å². The van der Waals surface area contributed by atoms with Crippen molar-refractivity contribution < 1.29 is 14.3 Å². The summed E-state index contributed by atoms with van der Waals surface area (Å²) in [5, 5.41) is 12.3. The van der Waals surface area contributed by atoms with Gasteiger partial charge in [0.2, 0.25) is 0 Å². The Hall–Kier alpha value is -2.06. The summed E-state index contributed by atoms with van der Waals surface area (Å²) in [5.41, 5.74) is 0.247. The molecule has 136 valence electrons. The van der Waals surface area contributed by atoms with E-state index in [1.807, 2.05) is 0 Å². The zero-order valence-electron chi connectivity index (χ0n) is 15.4. The van der Waals surface area contributed by atoms with E-state index < -0.39 is 5.60 Å². The maximum atomic E-state index is 12.8. The fourth-order valence-electron chi connectivity index (χ4n) is 3.38. The van der Waals surface area contributed by atoms with E-state index in [2.05, 4.69) is 25.2 Å². The number of ether oxygens (including phenoxy) is 2. The number of nitrogens with one attached hydrogen (secondary N) is 1. The highest BCUT2D eigenvalue weighted by Crippen LogP contribution is 2.36. The van der Waals surface area contributed by atoms with E-state index >= 15 is 0 Å². The van der Waals surface area contributed by atoms with E-state index in [1.54, 1.807) is 25.3 Å². The van der Waals surface area contributed by atoms with Gasteiger partial charge in [-0.2, -0.15) is 5.26 Å². The molecule has 0 heterocycles. The summed E-state index contributed by atoms with van der Waals surface area (Å²) < 4.78 is 11.3. The molecule has 1 aromatic carbocycles. The van der Waals surface area contributed by atoms with Crippen molar-refractivity contribution in [2.45, 2.75) is 58.0 Å². The molecule has 1 amide bonds. The Kier molecular flexibility index (Phi) is 6.83. The lowest BCUT2D eigenvalue weighted by Gasteiger charge is -2.37. The molecule has 2 rings (SSSR count). The van der Waals surface area contributed by atoms with Crippen LogP contribution >= 0.6 is 0 Å². The van der Waals surface area contributed by atoms with Crippen molar-refractivity contribution in [1.82, 2.24) is 0 Å². The zero-order chi connectivity index (χ0) is 18.3. The molecule has 0 aromatic heterocycles. The minimum atomic E-state index is -0.777. The van der Waals surface area contributed by atoms with E-state index in [9.17, 15) is 10.1 Å². The number of rotatable bonds is 7. The van der Waals surface area contributed by atoms with Crippen LogP contribution in [0.1, 0.15) is 57.9 Å². The first-order valence-corrected chi connectivity index (χ1v) is 9.08. The number of amides is 1. The van der Waals surface area contributed by atoms with Crippen molar-refractivity contribution in [3.05, 3.63) is 23.8 Å². The van der Waals surface area contributed by atoms with Gasteiger partial charge in [-0.25, -0.2) is 0 Å². The quantitative estimate of drug-likeness (QED) is 0.750. The average molecular weight is 344 g/mol. The molecule has 0 radical (unpaired) electrons. The van der Waals surface area contributed by atoms with Gasteiger partial charge < -0.3 is 14.8 Å². The zero-order valence-corrected chi connectivity index (χ0v) is 15.4. The number of unbranched alkanes of at least 4 members (excludes halogenated alkanes) is 1. The minimum absolute atomic E-state index is 0.134. The summed E-state index contributed by atoms with van der Waals surface area (Å²) in [6, 6.07) is 7.32. The smallest absolute Gasteiger partial charge is 0.256 e. The molecule has 1 saturated carbocycles. The summed E-state index contributed by atoms with van der Waals surface area (Å²) in [4.78, 5) is 12.8. The molecule has 5 nitrogen and oxygen atoms in total. The van der Waals surface area contributed by atoms with Crippen molar-refractivity contribution >= 4 is 11.6 Å². The van der Waals surface area contributed by atoms with E-state index in [0.717, 1.165) is 38.5 Å². The van der Waals surface area contributed by atoms with Crippen LogP contribution in [0.5, 0.6) is 5.75 Å². The fourth-order valence-corrected chi connectivity index (χ4v) is 3.38. The van der Waals surface area contributed by atoms with Crippen molar-refractivity contribution in [3.63, 3.8) is 0 Å². The van der Waals surface area contributed by atoms with Gasteiger partial charge in [-0.1, -0.05) is 26.7 Å². The van der Waals surface area contributed by atoms with Crippen LogP contribution in [0.2, 0.25) is 0 Å². The average Bonchev–Trinajstić information content (AvgIpc) is 2.62. The van der Waals surface area contributed by atoms with Crippen LogP contribution in [-0.4, -0.2) is 25.2 Å². The molecule has 5 heteroatoms. The van der Waals surface area contributed by atoms with Crippen LogP contribution < -0.4 is 10.1 Å². The molecule has 1 fully saturated rings. The summed E-state index contributed by atoms with van der Waals surface area (Å²) in [7, 11) is 1.60. The number of benzene rings is 1. The lowest BCUT2D eigenvalue weighted by Crippen LogP contribution is -2.47. The standard InChI is InChI=1S/C20H28N2O3/c1-4-5-11-25-18-9-8-17(12-16(18)14-21)22-19(23)20(24-3)10-6-7-15(2)13-20/h8-9,12,15H,4-7,10-11,13H2,1-3H3,(H,22,23)/t15-,20+/m1/s1. The molecule has 0 aliphatic heterocycles. The molecule has 1 aliphatic rings. The van der Waals surface area contributed by atoms with Crippen molar-refractivity contribution in [2.75, 3.05) is 19.0 Å². The number of methoxy groups -OCH3 is 1. The molecule has 0 saturated heterocycles. The second kappa shape index (κ2) is 8.87. The molecule has 25 heavy (non-hydrogen) atoms. The Morgan fingerprint density at radius 1 is 1.48 bits per heavy atom. The Bertz CT molecular complexity index is 638. The molecular weight excluding hydrogens is 316 g/mol. The predicted molar refractivity (Wildman–Crippen MR) is 97.6 cm³/mol. The van der Waals surface area contributed by atoms with Crippen LogP contribution in [-0.2, 0) is 9.53 Å². The second-order valence-electron chi connectivity index (χ2n) is 6.88. The SMILES string of the molecule is CCCCOc1ccc(NC(=O)[C@]2(OC)CCC[C@@H](C)C2)cc1C#N. The second-order valence-corrected chi connectivity index (χ2v) is 6.88. The van der Waals surface area contributed by atoms with Gasteiger partial charge in [0.15, 0.2) is 0 Å². The maximum absolute atomic E-state index is 12.8. The molecule has 0 unspecified atom stereocenters. The van der Waals surface area contributed by atoms with Crippen molar-refractivity contribution in [1.29, 1.82) is 5.26 Å². The fraction of sp³-hybridized carbons (Fsp3) is 0.600. The lowest BCUT2D eigenvalue weighted by atomic mass is 9.78. The third kappa shape index (κ3) is 4.73. The Labute approximate surface area is 150 Å². The first kappa shape index (κ1) is 19.3. The minimum Gasteiger partial charge on any atom is -0.492 e. The van der Waals surface area contributed by atoms with Crippen LogP contribution in [0, 0.1) is 17.2 Å². The van der Waals surface area contributed by atoms with Crippen molar-refractivity contribution in [3.8, 4) is 11.8 Å². The Morgan fingerprint density at radius 3 is 2.92 bits per heavy atom. The normalized spacial score (nSPS) is 22.9. The predicted octanol–water partition coefficient (Wildman–Crippen LogP) is 4.27. The first-order valence-electron chi connectivity index (χ1n) is 9.08. The number of carbonyl (C=O) groups is 1. The van der Waals surface area contributed by atoms with Gasteiger partial charge in [0.1, 0.15) is 17.4 Å². The summed E-state index contributed by atoms with van der Waals surface area (Å²) in [5.74, 6) is 0.884. The topological polar surface area (TPSA) is 71.3 Å². The van der Waals surface area contributed by atoms with E-state index in [0.29, 0.717) is 29.5 Å². The number of hydrogen-bond acceptors (Lipinski definition) is 4. The highest BCUT2D eigenvalue weighted by Gasteiger charge is 2.42. The molecule has 1 N–H and O–H groups in total. The van der Waals surface area contributed by atoms with Gasteiger partial charge in [0, 0.05) is 12.8 Å². The third-order valence-corrected chi connectivity index (χ3v) is 4.87. The highest BCUT2D eigenvalue weighted by atomic mass is 16.5. The molecule has 1 aliphatic carbocycles. The Morgan fingerprint density at radius 2 is 2.28 bits per heavy atom. The number of hydrogen-bond donors (Lipinski definition) is 1. The van der Waals surface area contributed by atoms with E-state index in [1.165, 1.54) is 0 Å². The summed E-state index contributed by atoms with van der Waals surface area (Å²) >= 11 is 0. The van der Waals surface area contributed by atoms with Crippen LogP contribution in [0.4, 0.5) is 5.69 Å². The van der Waals surface area contributed by atoms with Gasteiger partial charge in [-0.05, 0) is 49.8 Å². The number of nitriles is 1. The van der Waals surface area contributed by atoms with Gasteiger partial charge in [0.25, 0.3) is 5.91 Å². The third-order valence-electron chi connectivity index (χ3n) is 4.87. The van der Waals surface area contributed by atoms with Gasteiger partial charge in [-0.15, -0.1) is 0 Å². The molecular formula is C20H28N2O3. The molecule has 0 bridgehead atoms. The highest BCUT2D eigenvalue weighted by molar-refractivity contribution is 5.97. The van der Waals surface area contributed by atoms with E-state index in [-0.39, 0.29) is 5.91 Å². The summed E-state index contributed by atoms with van der Waals surface area (Å²) in [6.45, 7) is 4.82. The van der Waals surface area contributed by atoms with Crippen LogP contribution in [0.25, 0.3) is 0 Å². The molecule has 0 spiro atoms. The molecule has 1 aromatic rings. The largest absolute Gasteiger partial charge is 0.492 e. The molecule has 2 atom stereocenters. The monoisotopic (exact) mass is 344 g/mol. The number of carbonyl (C=O) groups excluding carboxylic acids is 1. The first-order chi connectivity index (χ1) is 12.0. The Balaban J connectivity index is 2.11. The number of nitrogens with zero attached hydrogens (tertiary/aromatic N) is 1. The summed E-state index contributed by atoms with van der Waals surface area (Å²) in [6.07, 6.45) is 5.53. The van der Waals surface area contributed by atoms with Crippen molar-refractivity contribution in [2.24, 2.45) is 5.92 Å². The lowest BCUT2D eigenvalue weighted by molar-refractivity contribution is -0.143. The maximum Gasteiger partial charge on any atom is 0.256 e.